The molecule has 0 amide bonds. The number of methoxy groups -OCH3 is 1. The molecule has 1 heterocycles. The first kappa shape index (κ1) is 12.0. The summed E-state index contributed by atoms with van der Waals surface area (Å²) in [5.74, 6) is 0.750. The molecular weight excluding hydrogens is 226 g/mol. The minimum absolute atomic E-state index is 0.469. The summed E-state index contributed by atoms with van der Waals surface area (Å²) in [6.45, 7) is 0. The van der Waals surface area contributed by atoms with Gasteiger partial charge in [-0.2, -0.15) is 0 Å². The van der Waals surface area contributed by atoms with Gasteiger partial charge < -0.3 is 4.74 Å². The third-order valence-corrected chi connectivity index (χ3v) is 2.49. The van der Waals surface area contributed by atoms with E-state index >= 15 is 0 Å². The van der Waals surface area contributed by atoms with Crippen molar-refractivity contribution < 1.29 is 9.53 Å². The summed E-state index contributed by atoms with van der Waals surface area (Å²) in [6.07, 6.45) is 6.99. The lowest BCUT2D eigenvalue weighted by molar-refractivity contribution is 0.414. The van der Waals surface area contributed by atoms with Crippen molar-refractivity contribution in [3.63, 3.8) is 0 Å². The number of hydrogen-bond acceptors (Lipinski definition) is 3. The van der Waals surface area contributed by atoms with E-state index in [2.05, 4.69) is 4.98 Å². The van der Waals surface area contributed by atoms with E-state index in [-0.39, 0.29) is 0 Å². The lowest BCUT2D eigenvalue weighted by Crippen LogP contribution is -1.88. The average Bonchev–Trinajstić information content (AvgIpc) is 2.46. The van der Waals surface area contributed by atoms with E-state index in [1.807, 2.05) is 36.6 Å². The van der Waals surface area contributed by atoms with Crippen molar-refractivity contribution in [2.75, 3.05) is 7.11 Å². The summed E-state index contributed by atoms with van der Waals surface area (Å²) in [4.78, 5) is 15.0. The van der Waals surface area contributed by atoms with E-state index in [0.29, 0.717) is 5.57 Å². The summed E-state index contributed by atoms with van der Waals surface area (Å²) in [6, 6.07) is 11.1. The van der Waals surface area contributed by atoms with Crippen molar-refractivity contribution in [1.29, 1.82) is 0 Å². The normalized spacial score (nSPS) is 11.1. The van der Waals surface area contributed by atoms with E-state index < -0.39 is 0 Å². The zero-order valence-electron chi connectivity index (χ0n) is 9.96. The van der Waals surface area contributed by atoms with Gasteiger partial charge in [-0.25, -0.2) is 0 Å². The van der Waals surface area contributed by atoms with Crippen LogP contribution in [0.2, 0.25) is 0 Å². The van der Waals surface area contributed by atoms with Gasteiger partial charge in [-0.15, -0.1) is 0 Å². The predicted octanol–water partition coefficient (Wildman–Crippen LogP) is 2.74. The van der Waals surface area contributed by atoms with Crippen molar-refractivity contribution >= 4 is 17.9 Å². The van der Waals surface area contributed by atoms with Gasteiger partial charge in [0.1, 0.15) is 5.75 Å². The molecule has 0 saturated heterocycles. The summed E-state index contributed by atoms with van der Waals surface area (Å²) >= 11 is 0. The van der Waals surface area contributed by atoms with Gasteiger partial charge in [0.15, 0.2) is 0 Å². The molecule has 0 spiro atoms. The van der Waals surface area contributed by atoms with Crippen LogP contribution in [0.4, 0.5) is 0 Å². The van der Waals surface area contributed by atoms with Crippen LogP contribution in [0.5, 0.6) is 5.75 Å². The molecule has 1 aromatic heterocycles. The molecule has 0 unspecified atom stereocenters. The Kier molecular flexibility index (Phi) is 3.86. The highest BCUT2D eigenvalue weighted by atomic mass is 16.5. The molecule has 18 heavy (non-hydrogen) atoms. The maximum Gasteiger partial charge on any atom is 0.234 e. The van der Waals surface area contributed by atoms with Crippen LogP contribution >= 0.6 is 0 Å². The number of allylic oxidation sites excluding steroid dienone is 1. The van der Waals surface area contributed by atoms with Crippen molar-refractivity contribution in [1.82, 2.24) is 4.98 Å². The van der Waals surface area contributed by atoms with Crippen LogP contribution in [-0.4, -0.2) is 18.4 Å². The van der Waals surface area contributed by atoms with Crippen LogP contribution in [-0.2, 0) is 4.79 Å². The first-order valence-corrected chi connectivity index (χ1v) is 5.48. The van der Waals surface area contributed by atoms with Gasteiger partial charge in [0.05, 0.1) is 7.11 Å². The molecule has 0 aliphatic rings. The van der Waals surface area contributed by atoms with Crippen LogP contribution in [0.3, 0.4) is 0 Å². The van der Waals surface area contributed by atoms with E-state index in [1.165, 1.54) is 0 Å². The summed E-state index contributed by atoms with van der Waals surface area (Å²) in [7, 11) is 1.61. The van der Waals surface area contributed by atoms with E-state index in [9.17, 15) is 4.79 Å². The molecule has 3 nitrogen and oxygen atoms in total. The van der Waals surface area contributed by atoms with Gasteiger partial charge in [-0.05, 0) is 29.8 Å². The van der Waals surface area contributed by atoms with Crippen LogP contribution < -0.4 is 4.74 Å². The van der Waals surface area contributed by atoms with Gasteiger partial charge in [0.25, 0.3) is 0 Å². The fraction of sp³-hybridized carbons (Fsp3) is 0.0667. The van der Waals surface area contributed by atoms with Gasteiger partial charge >= 0.3 is 0 Å². The van der Waals surface area contributed by atoms with E-state index in [0.717, 1.165) is 16.9 Å². The molecule has 3 heteroatoms. The quantitative estimate of drug-likeness (QED) is 0.769. The number of hydrogen-bond donors (Lipinski definition) is 0. The molecule has 2 rings (SSSR count). The highest BCUT2D eigenvalue weighted by Gasteiger charge is 2.02. The molecule has 0 aliphatic heterocycles. The second-order valence-corrected chi connectivity index (χ2v) is 3.68. The van der Waals surface area contributed by atoms with Crippen LogP contribution in [0.15, 0.2) is 48.8 Å². The second kappa shape index (κ2) is 5.77. The number of pyridine rings is 1. The SMILES string of the molecule is COc1cccc(C=C([C]=O)c2cccnc2)c1. The number of rotatable bonds is 4. The Morgan fingerprint density at radius 1 is 1.33 bits per heavy atom. The topological polar surface area (TPSA) is 39.2 Å². The molecule has 2 aromatic rings. The molecule has 89 valence electrons. The molecule has 0 atom stereocenters. The first-order chi connectivity index (χ1) is 8.83. The molecular formula is C15H12NO2. The lowest BCUT2D eigenvalue weighted by atomic mass is 10.1. The molecule has 1 aromatic carbocycles. The average molecular weight is 238 g/mol. The molecule has 0 bridgehead atoms. The van der Waals surface area contributed by atoms with Gasteiger partial charge in [-0.1, -0.05) is 18.2 Å². The van der Waals surface area contributed by atoms with Crippen LogP contribution in [0, 0.1) is 0 Å². The summed E-state index contributed by atoms with van der Waals surface area (Å²) < 4.78 is 5.14. The number of benzene rings is 1. The number of aromatic nitrogens is 1. The zero-order valence-corrected chi connectivity index (χ0v) is 9.96. The van der Waals surface area contributed by atoms with Crippen molar-refractivity contribution in [3.05, 3.63) is 59.9 Å². The predicted molar refractivity (Wildman–Crippen MR) is 70.8 cm³/mol. The minimum Gasteiger partial charge on any atom is -0.497 e. The van der Waals surface area contributed by atoms with Crippen molar-refractivity contribution in [2.24, 2.45) is 0 Å². The highest BCUT2D eigenvalue weighted by Crippen LogP contribution is 2.18. The fourth-order valence-corrected chi connectivity index (χ4v) is 1.59. The number of carbonyl (C=O) groups excluding carboxylic acids is 1. The van der Waals surface area contributed by atoms with E-state index in [4.69, 9.17) is 4.74 Å². The van der Waals surface area contributed by atoms with Crippen LogP contribution in [0.25, 0.3) is 11.6 Å². The van der Waals surface area contributed by atoms with E-state index in [1.54, 1.807) is 31.6 Å². The maximum absolute atomic E-state index is 11.0. The first-order valence-electron chi connectivity index (χ1n) is 5.48. The highest BCUT2D eigenvalue weighted by molar-refractivity contribution is 6.13. The Bertz CT molecular complexity index is 562. The molecule has 1 radical (unpaired) electrons. The number of nitrogens with zero attached hydrogens (tertiary/aromatic N) is 1. The summed E-state index contributed by atoms with van der Waals surface area (Å²) in [5.41, 5.74) is 2.10. The maximum atomic E-state index is 11.0. The Balaban J connectivity index is 2.38. The van der Waals surface area contributed by atoms with Gasteiger partial charge in [-0.3, -0.25) is 9.78 Å². The summed E-state index contributed by atoms with van der Waals surface area (Å²) in [5, 5.41) is 0. The standard InChI is InChI=1S/C15H12NO2/c1-18-15-6-2-4-12(9-15)8-14(11-17)13-5-3-7-16-10-13/h2-10H,1H3. The molecule has 0 fully saturated rings. The fourth-order valence-electron chi connectivity index (χ4n) is 1.59. The van der Waals surface area contributed by atoms with Crippen molar-refractivity contribution in [3.8, 4) is 5.75 Å². The zero-order chi connectivity index (χ0) is 12.8. The molecule has 0 saturated carbocycles. The minimum atomic E-state index is 0.469. The van der Waals surface area contributed by atoms with Crippen molar-refractivity contribution in [2.45, 2.75) is 0 Å². The largest absolute Gasteiger partial charge is 0.497 e. The number of ether oxygens (including phenoxy) is 1. The van der Waals surface area contributed by atoms with Gasteiger partial charge in [0.2, 0.25) is 6.29 Å². The molecule has 0 aliphatic carbocycles. The Hall–Kier alpha value is -2.42. The smallest absolute Gasteiger partial charge is 0.234 e. The van der Waals surface area contributed by atoms with Gasteiger partial charge in [0, 0.05) is 23.5 Å². The second-order valence-electron chi connectivity index (χ2n) is 3.68. The molecule has 0 N–H and O–H groups in total. The third-order valence-electron chi connectivity index (χ3n) is 2.49. The Morgan fingerprint density at radius 2 is 2.22 bits per heavy atom. The third kappa shape index (κ3) is 2.83. The Morgan fingerprint density at radius 3 is 2.89 bits per heavy atom. The Labute approximate surface area is 106 Å². The monoisotopic (exact) mass is 238 g/mol. The van der Waals surface area contributed by atoms with Crippen LogP contribution in [0.1, 0.15) is 11.1 Å². The lowest BCUT2D eigenvalue weighted by Gasteiger charge is -2.02.